The average molecular weight is 306 g/mol. The lowest BCUT2D eigenvalue weighted by Crippen LogP contribution is -2.08. The Hall–Kier alpha value is -2.89. The maximum absolute atomic E-state index is 4.37. The number of nitrogens with zero attached hydrogens (tertiary/aromatic N) is 5. The summed E-state index contributed by atoms with van der Waals surface area (Å²) in [5.41, 5.74) is 4.29. The molecule has 4 heterocycles. The lowest BCUT2D eigenvalue weighted by atomic mass is 10.2. The number of pyridine rings is 1. The zero-order valence-electron chi connectivity index (χ0n) is 13.4. The third-order valence-corrected chi connectivity index (χ3v) is 4.35. The van der Waals surface area contributed by atoms with Crippen LogP contribution in [0.3, 0.4) is 0 Å². The molecular formula is C17H18N6. The van der Waals surface area contributed by atoms with Crippen LogP contribution in [-0.2, 0) is 13.6 Å². The normalized spacial score (nSPS) is 11.4. The Morgan fingerprint density at radius 2 is 2.00 bits per heavy atom. The fourth-order valence-electron chi connectivity index (χ4n) is 2.97. The van der Waals surface area contributed by atoms with Crippen LogP contribution in [0.25, 0.3) is 16.3 Å². The van der Waals surface area contributed by atoms with Gasteiger partial charge in [-0.05, 0) is 32.0 Å². The summed E-state index contributed by atoms with van der Waals surface area (Å²) in [5.74, 6) is 0.813. The highest BCUT2D eigenvalue weighted by atomic mass is 15.2. The van der Waals surface area contributed by atoms with Crippen molar-refractivity contribution in [3.05, 3.63) is 53.7 Å². The molecule has 0 radical (unpaired) electrons. The first-order chi connectivity index (χ1) is 11.1. The van der Waals surface area contributed by atoms with Gasteiger partial charge in [-0.1, -0.05) is 6.07 Å². The topological polar surface area (TPSA) is 60.0 Å². The number of aromatic nitrogens is 5. The van der Waals surface area contributed by atoms with Crippen LogP contribution in [0.15, 0.2) is 36.7 Å². The molecule has 0 saturated carbocycles. The minimum absolute atomic E-state index is 0.639. The molecule has 0 fully saturated rings. The molecule has 0 aliphatic heterocycles. The summed E-state index contributed by atoms with van der Waals surface area (Å²) in [6.45, 7) is 4.73. The quantitative estimate of drug-likeness (QED) is 0.632. The van der Waals surface area contributed by atoms with Gasteiger partial charge in [0.15, 0.2) is 5.82 Å². The molecule has 4 rings (SSSR count). The molecule has 0 aliphatic carbocycles. The Kier molecular flexibility index (Phi) is 3.04. The Balaban J connectivity index is 1.74. The van der Waals surface area contributed by atoms with E-state index in [9.17, 15) is 0 Å². The Bertz CT molecular complexity index is 1010. The van der Waals surface area contributed by atoms with Crippen LogP contribution < -0.4 is 5.32 Å². The first kappa shape index (κ1) is 13.8. The van der Waals surface area contributed by atoms with Crippen LogP contribution in [0.1, 0.15) is 17.1 Å². The van der Waals surface area contributed by atoms with E-state index < -0.39 is 0 Å². The average Bonchev–Trinajstić information content (AvgIpc) is 3.14. The largest absolute Gasteiger partial charge is 0.362 e. The van der Waals surface area contributed by atoms with E-state index in [0.717, 1.165) is 33.5 Å². The number of nitrogens with one attached hydrogen (secondary N) is 1. The minimum atomic E-state index is 0.639. The monoisotopic (exact) mass is 306 g/mol. The molecule has 0 bridgehead atoms. The van der Waals surface area contributed by atoms with E-state index in [0.29, 0.717) is 6.54 Å². The van der Waals surface area contributed by atoms with Gasteiger partial charge >= 0.3 is 0 Å². The van der Waals surface area contributed by atoms with Gasteiger partial charge in [0.2, 0.25) is 0 Å². The van der Waals surface area contributed by atoms with Crippen LogP contribution in [-0.4, -0.2) is 24.4 Å². The van der Waals surface area contributed by atoms with E-state index in [1.54, 1.807) is 0 Å². The summed E-state index contributed by atoms with van der Waals surface area (Å²) in [6.07, 6.45) is 3.91. The number of fused-ring (bicyclic) bond motifs is 2. The molecule has 0 aromatic carbocycles. The molecule has 23 heavy (non-hydrogen) atoms. The van der Waals surface area contributed by atoms with E-state index in [-0.39, 0.29) is 0 Å². The van der Waals surface area contributed by atoms with Gasteiger partial charge in [-0.3, -0.25) is 0 Å². The van der Waals surface area contributed by atoms with Crippen LogP contribution in [0.5, 0.6) is 0 Å². The van der Waals surface area contributed by atoms with Crippen molar-refractivity contribution in [2.45, 2.75) is 20.4 Å². The number of rotatable bonds is 3. The lowest BCUT2D eigenvalue weighted by Gasteiger charge is -2.09. The smallest absolute Gasteiger partial charge is 0.158 e. The van der Waals surface area contributed by atoms with Crippen LogP contribution in [0.2, 0.25) is 0 Å². The number of hydrogen-bond acceptors (Lipinski definition) is 4. The van der Waals surface area contributed by atoms with Crippen molar-refractivity contribution in [1.82, 2.24) is 24.4 Å². The molecule has 4 aromatic rings. The van der Waals surface area contributed by atoms with Crippen molar-refractivity contribution in [3.63, 3.8) is 0 Å². The second-order valence-electron chi connectivity index (χ2n) is 5.79. The molecule has 0 unspecified atom stereocenters. The van der Waals surface area contributed by atoms with Gasteiger partial charge < -0.3 is 9.88 Å². The molecule has 0 spiro atoms. The molecule has 0 aliphatic rings. The molecule has 0 amide bonds. The summed E-state index contributed by atoms with van der Waals surface area (Å²) < 4.78 is 4.05. The standard InChI is InChI=1S/C17H18N6/c1-11-15-10-22(3)12(2)16(15)17(21-20-11)18-9-14-6-4-5-13-7-8-19-23(13)14/h4-8,10H,9H2,1-3H3,(H,18,21). The van der Waals surface area contributed by atoms with Crippen molar-refractivity contribution in [2.75, 3.05) is 5.32 Å². The zero-order valence-corrected chi connectivity index (χ0v) is 13.4. The summed E-state index contributed by atoms with van der Waals surface area (Å²) in [5, 5.41) is 18.7. The predicted molar refractivity (Wildman–Crippen MR) is 90.5 cm³/mol. The highest BCUT2D eigenvalue weighted by Crippen LogP contribution is 2.27. The van der Waals surface area contributed by atoms with Gasteiger partial charge in [-0.15, -0.1) is 5.10 Å². The van der Waals surface area contributed by atoms with Gasteiger partial charge in [0.25, 0.3) is 0 Å². The summed E-state index contributed by atoms with van der Waals surface area (Å²) in [4.78, 5) is 0. The summed E-state index contributed by atoms with van der Waals surface area (Å²) in [7, 11) is 2.04. The number of aryl methyl sites for hydroxylation is 3. The van der Waals surface area contributed by atoms with Gasteiger partial charge in [0.05, 0.1) is 23.4 Å². The van der Waals surface area contributed by atoms with E-state index in [2.05, 4.69) is 44.4 Å². The first-order valence-corrected chi connectivity index (χ1v) is 7.59. The highest BCUT2D eigenvalue weighted by Gasteiger charge is 2.13. The SMILES string of the molecule is Cc1nnc(NCc2cccc3ccnn23)c2c(C)n(C)cc12. The van der Waals surface area contributed by atoms with Gasteiger partial charge in [-0.25, -0.2) is 4.52 Å². The Morgan fingerprint density at radius 1 is 1.13 bits per heavy atom. The number of hydrogen-bond donors (Lipinski definition) is 1. The molecule has 6 heteroatoms. The maximum Gasteiger partial charge on any atom is 0.158 e. The van der Waals surface area contributed by atoms with E-state index in [1.165, 1.54) is 5.69 Å². The third kappa shape index (κ3) is 2.14. The van der Waals surface area contributed by atoms with E-state index in [1.807, 2.05) is 42.9 Å². The first-order valence-electron chi connectivity index (χ1n) is 7.59. The summed E-state index contributed by atoms with van der Waals surface area (Å²) >= 11 is 0. The van der Waals surface area contributed by atoms with Gasteiger partial charge in [0, 0.05) is 35.9 Å². The molecule has 1 N–H and O–H groups in total. The van der Waals surface area contributed by atoms with Crippen molar-refractivity contribution >= 4 is 22.1 Å². The Labute approximate surface area is 133 Å². The number of anilines is 1. The highest BCUT2D eigenvalue weighted by molar-refractivity contribution is 5.95. The molecular weight excluding hydrogens is 288 g/mol. The van der Waals surface area contributed by atoms with Crippen molar-refractivity contribution in [1.29, 1.82) is 0 Å². The van der Waals surface area contributed by atoms with Crippen molar-refractivity contribution in [3.8, 4) is 0 Å². The van der Waals surface area contributed by atoms with Crippen LogP contribution >= 0.6 is 0 Å². The molecule has 0 saturated heterocycles. The molecule has 0 atom stereocenters. The molecule has 6 nitrogen and oxygen atoms in total. The van der Waals surface area contributed by atoms with Crippen molar-refractivity contribution in [2.24, 2.45) is 7.05 Å². The summed E-state index contributed by atoms with van der Waals surface area (Å²) in [6, 6.07) is 8.14. The fourth-order valence-corrected chi connectivity index (χ4v) is 2.97. The minimum Gasteiger partial charge on any atom is -0.362 e. The lowest BCUT2D eigenvalue weighted by molar-refractivity contribution is 0.863. The zero-order chi connectivity index (χ0) is 16.0. The molecule has 116 valence electrons. The molecule has 4 aromatic heterocycles. The fraction of sp³-hybridized carbons (Fsp3) is 0.235. The third-order valence-electron chi connectivity index (χ3n) is 4.35. The van der Waals surface area contributed by atoms with Crippen molar-refractivity contribution < 1.29 is 0 Å². The van der Waals surface area contributed by atoms with Gasteiger partial charge in [0.1, 0.15) is 0 Å². The van der Waals surface area contributed by atoms with Crippen LogP contribution in [0, 0.1) is 13.8 Å². The van der Waals surface area contributed by atoms with E-state index in [4.69, 9.17) is 0 Å². The van der Waals surface area contributed by atoms with Crippen LogP contribution in [0.4, 0.5) is 5.82 Å². The second kappa shape index (κ2) is 5.08. The second-order valence-corrected chi connectivity index (χ2v) is 5.79. The van der Waals surface area contributed by atoms with Gasteiger partial charge in [-0.2, -0.15) is 10.2 Å². The van der Waals surface area contributed by atoms with E-state index >= 15 is 0 Å². The maximum atomic E-state index is 4.37. The Morgan fingerprint density at radius 3 is 2.87 bits per heavy atom. The predicted octanol–water partition coefficient (Wildman–Crippen LogP) is 2.84.